The van der Waals surface area contributed by atoms with E-state index in [9.17, 15) is 9.18 Å². The highest BCUT2D eigenvalue weighted by Gasteiger charge is 2.36. The van der Waals surface area contributed by atoms with Crippen LogP contribution in [0.15, 0.2) is 30.3 Å². The fraction of sp³-hybridized carbons (Fsp3) is 0.435. The molecule has 0 aromatic heterocycles. The largest absolute Gasteiger partial charge is 0.490 e. The van der Waals surface area contributed by atoms with Crippen molar-refractivity contribution in [1.29, 1.82) is 0 Å². The minimum absolute atomic E-state index is 0.149. The van der Waals surface area contributed by atoms with Gasteiger partial charge in [-0.1, -0.05) is 23.2 Å². The summed E-state index contributed by atoms with van der Waals surface area (Å²) in [6.07, 6.45) is 2.36. The van der Waals surface area contributed by atoms with Crippen LogP contribution >= 0.6 is 23.2 Å². The molecule has 2 aromatic rings. The summed E-state index contributed by atoms with van der Waals surface area (Å²) >= 11 is 12.1. The smallest absolute Gasteiger partial charge is 0.338 e. The van der Waals surface area contributed by atoms with Crippen molar-refractivity contribution in [1.82, 2.24) is 4.90 Å². The first-order valence-corrected chi connectivity index (χ1v) is 11.0. The second-order valence-corrected chi connectivity index (χ2v) is 9.32. The van der Waals surface area contributed by atoms with Crippen molar-refractivity contribution >= 4 is 29.2 Å². The molecule has 1 N–H and O–H groups in total. The predicted molar refractivity (Wildman–Crippen MR) is 116 cm³/mol. The fourth-order valence-electron chi connectivity index (χ4n) is 4.00. The zero-order valence-electron chi connectivity index (χ0n) is 16.8. The summed E-state index contributed by atoms with van der Waals surface area (Å²) in [5.41, 5.74) is -0.273. The van der Waals surface area contributed by atoms with Crippen molar-refractivity contribution in [2.75, 3.05) is 19.7 Å². The van der Waals surface area contributed by atoms with Gasteiger partial charge >= 0.3 is 5.97 Å². The molecular weight excluding hydrogens is 447 g/mol. The number of rotatable bonds is 7. The molecule has 4 rings (SSSR count). The van der Waals surface area contributed by atoms with Crippen LogP contribution in [0.3, 0.4) is 0 Å². The Kier molecular flexibility index (Phi) is 6.42. The molecule has 0 amide bonds. The molecule has 1 saturated heterocycles. The standard InChI is InChI=1S/C23H23Cl2F2NO3/c24-16-7-14(8-17(25)9-16)12-28-5-3-23(27,4-6-28)13-31-21-11-20(26)19(22(29)30)10-18(21)15-1-2-15/h7-11,15H,1-6,12-13H2,(H,29,30). The van der Waals surface area contributed by atoms with Gasteiger partial charge in [0.05, 0.1) is 5.56 Å². The lowest BCUT2D eigenvalue weighted by atomic mass is 9.94. The van der Waals surface area contributed by atoms with E-state index in [0.717, 1.165) is 24.5 Å². The van der Waals surface area contributed by atoms with E-state index in [1.54, 1.807) is 6.07 Å². The van der Waals surface area contributed by atoms with Crippen LogP contribution in [-0.4, -0.2) is 41.3 Å². The Morgan fingerprint density at radius 2 is 1.77 bits per heavy atom. The van der Waals surface area contributed by atoms with E-state index in [2.05, 4.69) is 4.90 Å². The van der Waals surface area contributed by atoms with Crippen LogP contribution in [0.1, 0.15) is 53.1 Å². The second kappa shape index (κ2) is 8.93. The molecule has 1 saturated carbocycles. The molecule has 2 aromatic carbocycles. The summed E-state index contributed by atoms with van der Waals surface area (Å²) in [4.78, 5) is 13.4. The van der Waals surface area contributed by atoms with Gasteiger partial charge in [-0.2, -0.15) is 0 Å². The quantitative estimate of drug-likeness (QED) is 0.532. The molecule has 4 nitrogen and oxygen atoms in total. The molecule has 166 valence electrons. The van der Waals surface area contributed by atoms with E-state index in [1.165, 1.54) is 6.07 Å². The van der Waals surface area contributed by atoms with Gasteiger partial charge in [-0.05, 0) is 67.0 Å². The van der Waals surface area contributed by atoms with Crippen molar-refractivity contribution in [3.05, 3.63) is 62.9 Å². The summed E-state index contributed by atoms with van der Waals surface area (Å²) < 4.78 is 35.3. The number of carboxylic acid groups (broad SMARTS) is 1. The van der Waals surface area contributed by atoms with Crippen molar-refractivity contribution < 1.29 is 23.4 Å². The zero-order chi connectivity index (χ0) is 22.2. The Bertz CT molecular complexity index is 969. The molecule has 1 aliphatic carbocycles. The molecule has 2 fully saturated rings. The Morgan fingerprint density at radius 1 is 1.13 bits per heavy atom. The number of halogens is 4. The minimum Gasteiger partial charge on any atom is -0.490 e. The van der Waals surface area contributed by atoms with Crippen molar-refractivity contribution in [2.24, 2.45) is 0 Å². The highest BCUT2D eigenvalue weighted by Crippen LogP contribution is 2.45. The van der Waals surface area contributed by atoms with Crippen molar-refractivity contribution in [3.63, 3.8) is 0 Å². The Balaban J connectivity index is 1.37. The minimum atomic E-state index is -1.52. The monoisotopic (exact) mass is 469 g/mol. The number of ether oxygens (including phenoxy) is 1. The van der Waals surface area contributed by atoms with E-state index >= 15 is 4.39 Å². The van der Waals surface area contributed by atoms with E-state index < -0.39 is 17.5 Å². The molecule has 2 aliphatic rings. The Hall–Kier alpha value is -1.89. The van der Waals surface area contributed by atoms with Gasteiger partial charge in [-0.3, -0.25) is 4.90 Å². The lowest BCUT2D eigenvalue weighted by Crippen LogP contribution is -2.44. The van der Waals surface area contributed by atoms with Gasteiger partial charge in [0.25, 0.3) is 0 Å². The maximum absolute atomic E-state index is 15.4. The first-order chi connectivity index (χ1) is 14.7. The van der Waals surface area contributed by atoms with Crippen LogP contribution in [0.5, 0.6) is 5.75 Å². The number of hydrogen-bond acceptors (Lipinski definition) is 3. The SMILES string of the molecule is O=C(O)c1cc(C2CC2)c(OCC2(F)CCN(Cc3cc(Cl)cc(Cl)c3)CC2)cc1F. The molecule has 8 heteroatoms. The summed E-state index contributed by atoms with van der Waals surface area (Å²) in [6, 6.07) is 7.78. The number of piperidine rings is 1. The van der Waals surface area contributed by atoms with Crippen molar-refractivity contribution in [3.8, 4) is 5.75 Å². The van der Waals surface area contributed by atoms with Crippen LogP contribution in [-0.2, 0) is 6.54 Å². The third kappa shape index (κ3) is 5.48. The molecule has 0 atom stereocenters. The van der Waals surface area contributed by atoms with Crippen LogP contribution in [0, 0.1) is 5.82 Å². The number of benzene rings is 2. The van der Waals surface area contributed by atoms with Gasteiger partial charge < -0.3 is 9.84 Å². The lowest BCUT2D eigenvalue weighted by Gasteiger charge is -2.36. The number of nitrogens with zero attached hydrogens (tertiary/aromatic N) is 1. The average molecular weight is 470 g/mol. The van der Waals surface area contributed by atoms with E-state index in [4.69, 9.17) is 33.0 Å². The van der Waals surface area contributed by atoms with E-state index in [0.29, 0.717) is 35.2 Å². The van der Waals surface area contributed by atoms with Gasteiger partial charge in [0.1, 0.15) is 23.8 Å². The third-order valence-corrected chi connectivity index (χ3v) is 6.35. The van der Waals surface area contributed by atoms with E-state index in [-0.39, 0.29) is 36.7 Å². The van der Waals surface area contributed by atoms with Gasteiger partial charge in [0.2, 0.25) is 0 Å². The topological polar surface area (TPSA) is 49.8 Å². The third-order valence-electron chi connectivity index (χ3n) is 5.91. The highest BCUT2D eigenvalue weighted by molar-refractivity contribution is 6.34. The van der Waals surface area contributed by atoms with Gasteiger partial charge in [0, 0.05) is 35.7 Å². The Morgan fingerprint density at radius 3 is 2.35 bits per heavy atom. The molecule has 0 radical (unpaired) electrons. The van der Waals surface area contributed by atoms with Gasteiger partial charge in [0.15, 0.2) is 0 Å². The molecule has 1 aliphatic heterocycles. The molecule has 1 heterocycles. The number of carbonyl (C=O) groups is 1. The highest BCUT2D eigenvalue weighted by atomic mass is 35.5. The van der Waals surface area contributed by atoms with Crippen LogP contribution in [0.25, 0.3) is 0 Å². The number of carboxylic acids is 1. The molecule has 0 spiro atoms. The van der Waals surface area contributed by atoms with Gasteiger partial charge in [-0.25, -0.2) is 13.6 Å². The first-order valence-electron chi connectivity index (χ1n) is 10.3. The van der Waals surface area contributed by atoms with Crippen LogP contribution in [0.4, 0.5) is 8.78 Å². The maximum atomic E-state index is 15.4. The molecule has 31 heavy (non-hydrogen) atoms. The second-order valence-electron chi connectivity index (χ2n) is 8.44. The molecular formula is C23H23Cl2F2NO3. The lowest BCUT2D eigenvalue weighted by molar-refractivity contribution is 0.0148. The number of hydrogen-bond donors (Lipinski definition) is 1. The molecule has 0 unspecified atom stereocenters. The first kappa shape index (κ1) is 22.3. The van der Waals surface area contributed by atoms with Crippen LogP contribution in [0.2, 0.25) is 10.0 Å². The van der Waals surface area contributed by atoms with Crippen molar-refractivity contribution in [2.45, 2.75) is 43.8 Å². The summed E-state index contributed by atoms with van der Waals surface area (Å²) in [6.45, 7) is 1.54. The zero-order valence-corrected chi connectivity index (χ0v) is 18.4. The average Bonchev–Trinajstić information content (AvgIpc) is 3.53. The summed E-state index contributed by atoms with van der Waals surface area (Å²) in [7, 11) is 0. The number of aromatic carboxylic acids is 1. The predicted octanol–water partition coefficient (Wildman–Crippen LogP) is 6.09. The molecule has 0 bridgehead atoms. The van der Waals surface area contributed by atoms with Crippen LogP contribution < -0.4 is 4.74 Å². The number of likely N-dealkylation sites (tertiary alicyclic amines) is 1. The fourth-order valence-corrected chi connectivity index (χ4v) is 4.57. The number of alkyl halides is 1. The summed E-state index contributed by atoms with van der Waals surface area (Å²) in [5, 5.41) is 10.3. The Labute approximate surface area is 189 Å². The van der Waals surface area contributed by atoms with Gasteiger partial charge in [-0.15, -0.1) is 0 Å². The normalized spacial score (nSPS) is 18.7. The maximum Gasteiger partial charge on any atom is 0.338 e. The van der Waals surface area contributed by atoms with E-state index in [1.807, 2.05) is 12.1 Å². The summed E-state index contributed by atoms with van der Waals surface area (Å²) in [5.74, 6) is -1.79.